The van der Waals surface area contributed by atoms with Gasteiger partial charge in [0.2, 0.25) is 0 Å². The lowest BCUT2D eigenvalue weighted by Crippen LogP contribution is -2.23. The summed E-state index contributed by atoms with van der Waals surface area (Å²) in [6, 6.07) is 7.45. The van der Waals surface area contributed by atoms with Crippen LogP contribution in [0, 0.1) is 5.41 Å². The van der Waals surface area contributed by atoms with Gasteiger partial charge in [-0.05, 0) is 17.7 Å². The van der Waals surface area contributed by atoms with Crippen LogP contribution in [0.2, 0.25) is 5.02 Å². The van der Waals surface area contributed by atoms with Crippen molar-refractivity contribution >= 4 is 29.2 Å². The summed E-state index contributed by atoms with van der Waals surface area (Å²) in [6.07, 6.45) is 6.83. The molecule has 0 aliphatic carbocycles. The maximum atomic E-state index is 12.6. The zero-order valence-corrected chi connectivity index (χ0v) is 12.6. The highest BCUT2D eigenvalue weighted by molar-refractivity contribution is 6.33. The van der Waals surface area contributed by atoms with Gasteiger partial charge in [0.15, 0.2) is 5.78 Å². The Morgan fingerprint density at radius 2 is 2.00 bits per heavy atom. The number of benzene rings is 1. The molecule has 2 rings (SSSR count). The van der Waals surface area contributed by atoms with Crippen molar-refractivity contribution in [2.75, 3.05) is 0 Å². The third kappa shape index (κ3) is 3.17. The van der Waals surface area contributed by atoms with E-state index in [1.165, 1.54) is 0 Å². The summed E-state index contributed by atoms with van der Waals surface area (Å²) < 4.78 is 1.72. The molecule has 0 fully saturated rings. The van der Waals surface area contributed by atoms with E-state index < -0.39 is 5.41 Å². The van der Waals surface area contributed by atoms with E-state index in [-0.39, 0.29) is 5.78 Å². The van der Waals surface area contributed by atoms with Crippen molar-refractivity contribution in [1.82, 2.24) is 9.55 Å². The first-order valence-electron chi connectivity index (χ1n) is 6.39. The van der Waals surface area contributed by atoms with E-state index in [9.17, 15) is 4.79 Å². The van der Waals surface area contributed by atoms with E-state index in [2.05, 4.69) is 4.98 Å². The second-order valence-electron chi connectivity index (χ2n) is 5.60. The molecule has 0 radical (unpaired) electrons. The van der Waals surface area contributed by atoms with Gasteiger partial charge in [-0.1, -0.05) is 50.6 Å². The molecule has 0 spiro atoms. The fourth-order valence-electron chi connectivity index (χ4n) is 1.78. The smallest absolute Gasteiger partial charge is 0.184 e. The number of ketones is 1. The van der Waals surface area contributed by atoms with Crippen LogP contribution in [0.3, 0.4) is 0 Å². The highest BCUT2D eigenvalue weighted by atomic mass is 35.5. The largest absolute Gasteiger partial charge is 0.303 e. The fourth-order valence-corrected chi connectivity index (χ4v) is 1.97. The van der Waals surface area contributed by atoms with Gasteiger partial charge in [-0.25, -0.2) is 4.98 Å². The van der Waals surface area contributed by atoms with Gasteiger partial charge in [-0.15, -0.1) is 0 Å². The predicted octanol–water partition coefficient (Wildman–Crippen LogP) is 4.15. The van der Waals surface area contributed by atoms with E-state index in [0.717, 1.165) is 5.56 Å². The molecule has 3 nitrogen and oxygen atoms in total. The minimum atomic E-state index is -0.475. The van der Waals surface area contributed by atoms with Crippen LogP contribution < -0.4 is 0 Å². The summed E-state index contributed by atoms with van der Waals surface area (Å²) in [6.45, 7) is 5.69. The molecule has 1 heterocycles. The minimum Gasteiger partial charge on any atom is -0.303 e. The third-order valence-electron chi connectivity index (χ3n) is 2.89. The highest BCUT2D eigenvalue weighted by Crippen LogP contribution is 2.26. The number of carbonyl (C=O) groups excluding carboxylic acids is 1. The highest BCUT2D eigenvalue weighted by Gasteiger charge is 2.26. The Morgan fingerprint density at radius 3 is 2.55 bits per heavy atom. The first-order chi connectivity index (χ1) is 9.39. The lowest BCUT2D eigenvalue weighted by Gasteiger charge is -2.19. The lowest BCUT2D eigenvalue weighted by molar-refractivity contribution is -0.120. The van der Waals surface area contributed by atoms with Gasteiger partial charge in [0.05, 0.1) is 12.0 Å². The third-order valence-corrected chi connectivity index (χ3v) is 3.24. The molecule has 0 amide bonds. The molecule has 2 aromatic rings. The minimum absolute atomic E-state index is 0.0374. The number of carbonyl (C=O) groups is 1. The van der Waals surface area contributed by atoms with Crippen LogP contribution >= 0.6 is 11.6 Å². The van der Waals surface area contributed by atoms with Gasteiger partial charge < -0.3 is 4.57 Å². The molecule has 0 saturated carbocycles. The number of halogens is 1. The van der Waals surface area contributed by atoms with Gasteiger partial charge in [0.25, 0.3) is 0 Å². The zero-order chi connectivity index (χ0) is 14.8. The van der Waals surface area contributed by atoms with E-state index >= 15 is 0 Å². The quantitative estimate of drug-likeness (QED) is 0.795. The van der Waals surface area contributed by atoms with Gasteiger partial charge in [-0.3, -0.25) is 4.79 Å². The summed E-state index contributed by atoms with van der Waals surface area (Å²) in [4.78, 5) is 16.6. The average Bonchev–Trinajstić information content (AvgIpc) is 2.89. The second-order valence-corrected chi connectivity index (χ2v) is 6.01. The number of nitrogens with zero attached hydrogens (tertiary/aromatic N) is 2. The molecule has 20 heavy (non-hydrogen) atoms. The first-order valence-corrected chi connectivity index (χ1v) is 6.77. The number of imidazole rings is 1. The van der Waals surface area contributed by atoms with E-state index in [0.29, 0.717) is 10.7 Å². The Hall–Kier alpha value is -1.87. The molecular weight excluding hydrogens is 272 g/mol. The van der Waals surface area contributed by atoms with Gasteiger partial charge in [0.1, 0.15) is 0 Å². The van der Waals surface area contributed by atoms with Crippen LogP contribution in [0.1, 0.15) is 26.3 Å². The molecule has 4 heteroatoms. The van der Waals surface area contributed by atoms with Crippen LogP contribution in [0.15, 0.2) is 43.0 Å². The molecule has 0 aliphatic rings. The van der Waals surface area contributed by atoms with Crippen LogP contribution in [0.5, 0.6) is 0 Å². The van der Waals surface area contributed by atoms with E-state index in [1.807, 2.05) is 39.0 Å². The molecular formula is C16H17ClN2O. The lowest BCUT2D eigenvalue weighted by atomic mass is 9.88. The van der Waals surface area contributed by atoms with Crippen molar-refractivity contribution in [3.63, 3.8) is 0 Å². The number of allylic oxidation sites excluding steroid dienone is 1. The SMILES string of the molecule is CC(C)(C)C(=O)/C(=C/c1ccccc1Cl)n1ccnc1. The van der Waals surface area contributed by atoms with Crippen molar-refractivity contribution in [3.05, 3.63) is 53.6 Å². The van der Waals surface area contributed by atoms with Crippen LogP contribution in [-0.4, -0.2) is 15.3 Å². The summed E-state index contributed by atoms with van der Waals surface area (Å²) in [5.41, 5.74) is 0.899. The molecule has 1 aromatic carbocycles. The average molecular weight is 289 g/mol. The summed E-state index contributed by atoms with van der Waals surface area (Å²) in [5.74, 6) is 0.0374. The predicted molar refractivity (Wildman–Crippen MR) is 82.3 cm³/mol. The Labute approximate surface area is 123 Å². The summed E-state index contributed by atoms with van der Waals surface area (Å²) in [5, 5.41) is 0.617. The Morgan fingerprint density at radius 1 is 1.30 bits per heavy atom. The number of aromatic nitrogens is 2. The Bertz CT molecular complexity index is 637. The summed E-state index contributed by atoms with van der Waals surface area (Å²) in [7, 11) is 0. The van der Waals surface area contributed by atoms with Crippen molar-refractivity contribution in [2.24, 2.45) is 5.41 Å². The number of Topliss-reactive ketones (excluding diaryl/α,β-unsaturated/α-hetero) is 1. The molecule has 0 aliphatic heterocycles. The molecule has 0 atom stereocenters. The topological polar surface area (TPSA) is 34.9 Å². The molecule has 1 aromatic heterocycles. The van der Waals surface area contributed by atoms with Crippen molar-refractivity contribution < 1.29 is 4.79 Å². The fraction of sp³-hybridized carbons (Fsp3) is 0.250. The molecule has 0 saturated heterocycles. The second kappa shape index (κ2) is 5.63. The van der Waals surface area contributed by atoms with Crippen LogP contribution in [0.4, 0.5) is 0 Å². The van der Waals surface area contributed by atoms with Crippen molar-refractivity contribution in [2.45, 2.75) is 20.8 Å². The maximum absolute atomic E-state index is 12.6. The normalized spacial score (nSPS) is 12.5. The van der Waals surface area contributed by atoms with Crippen molar-refractivity contribution in [1.29, 1.82) is 0 Å². The molecule has 0 unspecified atom stereocenters. The van der Waals surface area contributed by atoms with Gasteiger partial charge in [-0.2, -0.15) is 0 Å². The maximum Gasteiger partial charge on any atom is 0.184 e. The zero-order valence-electron chi connectivity index (χ0n) is 11.8. The molecule has 104 valence electrons. The van der Waals surface area contributed by atoms with Crippen LogP contribution in [0.25, 0.3) is 11.8 Å². The first kappa shape index (κ1) is 14.5. The number of hydrogen-bond acceptors (Lipinski definition) is 2. The van der Waals surface area contributed by atoms with Gasteiger partial charge in [0, 0.05) is 22.8 Å². The summed E-state index contributed by atoms with van der Waals surface area (Å²) >= 11 is 6.17. The Kier molecular flexibility index (Phi) is 4.09. The Balaban J connectivity index is 2.54. The molecule has 0 N–H and O–H groups in total. The number of hydrogen-bond donors (Lipinski definition) is 0. The van der Waals surface area contributed by atoms with Crippen molar-refractivity contribution in [3.8, 4) is 0 Å². The van der Waals surface area contributed by atoms with E-state index in [4.69, 9.17) is 11.6 Å². The van der Waals surface area contributed by atoms with Gasteiger partial charge >= 0.3 is 0 Å². The molecule has 0 bridgehead atoms. The van der Waals surface area contributed by atoms with E-state index in [1.54, 1.807) is 35.4 Å². The van der Waals surface area contributed by atoms with Crippen LogP contribution in [-0.2, 0) is 4.79 Å². The monoisotopic (exact) mass is 288 g/mol. The standard InChI is InChI=1S/C16H17ClN2O/c1-16(2,3)15(20)14(19-9-8-18-11-19)10-12-6-4-5-7-13(12)17/h4-11H,1-3H3/b14-10-. The number of rotatable bonds is 3.